The Bertz CT molecular complexity index is 1590. The van der Waals surface area contributed by atoms with E-state index in [9.17, 15) is 9.59 Å². The van der Waals surface area contributed by atoms with Crippen molar-refractivity contribution in [2.45, 2.75) is 53.1 Å². The number of hydrogen-bond donors (Lipinski definition) is 2. The Kier molecular flexibility index (Phi) is 7.76. The Morgan fingerprint density at radius 2 is 1.80 bits per heavy atom. The number of piperazine rings is 1. The number of fused-ring (bicyclic) bond motifs is 1. The molecule has 0 atom stereocenters. The molecule has 1 aliphatic rings. The molecule has 0 bridgehead atoms. The molecule has 1 fully saturated rings. The van der Waals surface area contributed by atoms with Crippen LogP contribution in [0.25, 0.3) is 22.0 Å². The number of amides is 1. The summed E-state index contributed by atoms with van der Waals surface area (Å²) in [5.41, 5.74) is 5.53. The lowest BCUT2D eigenvalue weighted by Gasteiger charge is -2.33. The van der Waals surface area contributed by atoms with Crippen LogP contribution in [0, 0.1) is 6.92 Å². The van der Waals surface area contributed by atoms with Crippen LogP contribution in [0.1, 0.15) is 66.8 Å². The molecule has 1 aromatic carbocycles. The molecule has 0 radical (unpaired) electrons. The molecule has 3 aromatic heterocycles. The van der Waals surface area contributed by atoms with Gasteiger partial charge in [0.2, 0.25) is 0 Å². The molecule has 9 nitrogen and oxygen atoms in total. The fraction of sp³-hybridized carbons (Fsp3) is 0.419. The molecule has 1 aliphatic heterocycles. The summed E-state index contributed by atoms with van der Waals surface area (Å²) in [5, 5.41) is 8.42. The number of aromatic amines is 1. The fourth-order valence-electron chi connectivity index (χ4n) is 5.42. The second-order valence-electron chi connectivity index (χ2n) is 11.4. The van der Waals surface area contributed by atoms with Crippen LogP contribution >= 0.6 is 0 Å². The van der Waals surface area contributed by atoms with Gasteiger partial charge in [-0.25, -0.2) is 4.98 Å². The molecule has 40 heavy (non-hydrogen) atoms. The molecular formula is C31H39N7O2. The predicted molar refractivity (Wildman–Crippen MR) is 160 cm³/mol. The first-order valence-electron chi connectivity index (χ1n) is 14.0. The van der Waals surface area contributed by atoms with Crippen molar-refractivity contribution in [3.05, 3.63) is 75.5 Å². The van der Waals surface area contributed by atoms with Gasteiger partial charge in [0.25, 0.3) is 11.5 Å². The monoisotopic (exact) mass is 541 g/mol. The van der Waals surface area contributed by atoms with Crippen LogP contribution in [-0.4, -0.2) is 63.8 Å². The van der Waals surface area contributed by atoms with E-state index in [1.54, 1.807) is 6.20 Å². The van der Waals surface area contributed by atoms with Crippen molar-refractivity contribution < 1.29 is 4.79 Å². The van der Waals surface area contributed by atoms with Crippen molar-refractivity contribution in [1.29, 1.82) is 0 Å². The van der Waals surface area contributed by atoms with E-state index in [-0.39, 0.29) is 30.0 Å². The number of H-pyrrole nitrogens is 1. The van der Waals surface area contributed by atoms with Gasteiger partial charge in [0.15, 0.2) is 0 Å². The third-order valence-corrected chi connectivity index (χ3v) is 7.71. The summed E-state index contributed by atoms with van der Waals surface area (Å²) in [7, 11) is 2.14. The van der Waals surface area contributed by atoms with Crippen molar-refractivity contribution in [2.75, 3.05) is 38.1 Å². The summed E-state index contributed by atoms with van der Waals surface area (Å²) >= 11 is 0. The van der Waals surface area contributed by atoms with Crippen LogP contribution in [0.5, 0.6) is 0 Å². The fourth-order valence-corrected chi connectivity index (χ4v) is 5.42. The quantitative estimate of drug-likeness (QED) is 0.358. The molecular weight excluding hydrogens is 502 g/mol. The summed E-state index contributed by atoms with van der Waals surface area (Å²) in [6.45, 7) is 14.1. The predicted octanol–water partition coefficient (Wildman–Crippen LogP) is 4.48. The molecule has 4 heterocycles. The molecule has 1 amide bonds. The number of pyridine rings is 2. The van der Waals surface area contributed by atoms with Crippen LogP contribution in [0.15, 0.2) is 47.5 Å². The van der Waals surface area contributed by atoms with Gasteiger partial charge < -0.3 is 20.1 Å². The molecule has 0 spiro atoms. The van der Waals surface area contributed by atoms with E-state index in [0.29, 0.717) is 11.1 Å². The molecule has 210 valence electrons. The molecule has 0 saturated carbocycles. The SMILES string of the molecule is Cc1cc(C(C)C)c(CNC(=O)c2cc(-c3ccnc(N4CCN(C)CC4)c3)cc3c2cnn3C(C)C)c(=O)[nH]1. The Hall–Kier alpha value is -3.98. The number of carbonyl (C=O) groups is 1. The van der Waals surface area contributed by atoms with Crippen molar-refractivity contribution in [3.63, 3.8) is 0 Å². The molecule has 1 saturated heterocycles. The summed E-state index contributed by atoms with van der Waals surface area (Å²) in [5.74, 6) is 0.862. The smallest absolute Gasteiger partial charge is 0.253 e. The van der Waals surface area contributed by atoms with E-state index in [1.165, 1.54) is 0 Å². The number of hydrogen-bond acceptors (Lipinski definition) is 6. The summed E-state index contributed by atoms with van der Waals surface area (Å²) in [4.78, 5) is 38.7. The maximum absolute atomic E-state index is 13.7. The van der Waals surface area contributed by atoms with Gasteiger partial charge in [-0.05, 0) is 80.8 Å². The van der Waals surface area contributed by atoms with Gasteiger partial charge in [-0.15, -0.1) is 0 Å². The van der Waals surface area contributed by atoms with Crippen molar-refractivity contribution in [2.24, 2.45) is 0 Å². The Morgan fingerprint density at radius 1 is 1.05 bits per heavy atom. The molecule has 9 heteroatoms. The number of aromatic nitrogens is 4. The third kappa shape index (κ3) is 5.51. The van der Waals surface area contributed by atoms with Gasteiger partial charge in [0.05, 0.1) is 17.3 Å². The summed E-state index contributed by atoms with van der Waals surface area (Å²) < 4.78 is 1.94. The Balaban J connectivity index is 1.52. The van der Waals surface area contributed by atoms with E-state index in [4.69, 9.17) is 0 Å². The van der Waals surface area contributed by atoms with Crippen LogP contribution in [-0.2, 0) is 6.54 Å². The number of carbonyl (C=O) groups excluding carboxylic acids is 1. The van der Waals surface area contributed by atoms with Gasteiger partial charge in [-0.3, -0.25) is 14.3 Å². The van der Waals surface area contributed by atoms with E-state index in [1.807, 2.05) is 36.0 Å². The van der Waals surface area contributed by atoms with Crippen LogP contribution in [0.4, 0.5) is 5.82 Å². The maximum atomic E-state index is 13.7. The summed E-state index contributed by atoms with van der Waals surface area (Å²) in [6.07, 6.45) is 3.60. The van der Waals surface area contributed by atoms with E-state index in [0.717, 1.165) is 65.3 Å². The second-order valence-corrected chi connectivity index (χ2v) is 11.4. The van der Waals surface area contributed by atoms with Crippen LogP contribution < -0.4 is 15.8 Å². The highest BCUT2D eigenvalue weighted by Crippen LogP contribution is 2.31. The van der Waals surface area contributed by atoms with Gasteiger partial charge in [-0.2, -0.15) is 5.10 Å². The lowest BCUT2D eigenvalue weighted by molar-refractivity contribution is 0.0952. The first-order valence-corrected chi connectivity index (χ1v) is 14.0. The first kappa shape index (κ1) is 27.6. The zero-order chi connectivity index (χ0) is 28.6. The number of aryl methyl sites for hydroxylation is 1. The van der Waals surface area contributed by atoms with Crippen LogP contribution in [0.3, 0.4) is 0 Å². The number of nitrogens with one attached hydrogen (secondary N) is 2. The van der Waals surface area contributed by atoms with Crippen LogP contribution in [0.2, 0.25) is 0 Å². The minimum Gasteiger partial charge on any atom is -0.354 e. The van der Waals surface area contributed by atoms with E-state index in [2.05, 4.69) is 77.1 Å². The minimum absolute atomic E-state index is 0.127. The molecule has 2 N–H and O–H groups in total. The van der Waals surface area contributed by atoms with Gasteiger partial charge >= 0.3 is 0 Å². The normalized spacial score (nSPS) is 14.4. The van der Waals surface area contributed by atoms with Crippen molar-refractivity contribution >= 4 is 22.6 Å². The minimum atomic E-state index is -0.238. The highest BCUT2D eigenvalue weighted by atomic mass is 16.1. The number of likely N-dealkylation sites (N-methyl/N-ethyl adjacent to an activating group) is 1. The van der Waals surface area contributed by atoms with Gasteiger partial charge in [0, 0.05) is 61.6 Å². The molecule has 0 unspecified atom stereocenters. The average molecular weight is 542 g/mol. The zero-order valence-corrected chi connectivity index (χ0v) is 24.3. The first-order chi connectivity index (χ1) is 19.1. The lowest BCUT2D eigenvalue weighted by Crippen LogP contribution is -2.44. The molecule has 5 rings (SSSR count). The third-order valence-electron chi connectivity index (χ3n) is 7.71. The van der Waals surface area contributed by atoms with E-state index < -0.39 is 0 Å². The second kappa shape index (κ2) is 11.3. The lowest BCUT2D eigenvalue weighted by atomic mass is 9.97. The van der Waals surface area contributed by atoms with E-state index >= 15 is 0 Å². The number of anilines is 1. The topological polar surface area (TPSA) is 99.2 Å². The number of rotatable bonds is 7. The number of nitrogens with zero attached hydrogens (tertiary/aromatic N) is 5. The van der Waals surface area contributed by atoms with Gasteiger partial charge in [0.1, 0.15) is 5.82 Å². The average Bonchev–Trinajstić information content (AvgIpc) is 3.36. The number of benzene rings is 1. The van der Waals surface area contributed by atoms with Crippen molar-refractivity contribution in [1.82, 2.24) is 30.0 Å². The standard InChI is InChI=1S/C31H39N7O2/c1-19(2)24-13-21(5)35-31(40)27(24)17-33-30(39)25-14-23(15-28-26(25)18-34-38(28)20(3)4)22-7-8-32-29(16-22)37-11-9-36(6)10-12-37/h7-8,13-16,18-20H,9-12,17H2,1-6H3,(H,33,39)(H,35,40). The Morgan fingerprint density at radius 3 is 2.50 bits per heavy atom. The zero-order valence-electron chi connectivity index (χ0n) is 24.3. The maximum Gasteiger partial charge on any atom is 0.253 e. The van der Waals surface area contributed by atoms with Gasteiger partial charge in [-0.1, -0.05) is 13.8 Å². The largest absolute Gasteiger partial charge is 0.354 e. The highest BCUT2D eigenvalue weighted by molar-refractivity contribution is 6.08. The Labute approximate surface area is 235 Å². The highest BCUT2D eigenvalue weighted by Gasteiger charge is 2.20. The molecule has 4 aromatic rings. The summed E-state index contributed by atoms with van der Waals surface area (Å²) in [6, 6.07) is 10.2. The molecule has 0 aliphatic carbocycles. The van der Waals surface area contributed by atoms with Crippen molar-refractivity contribution in [3.8, 4) is 11.1 Å².